The van der Waals surface area contributed by atoms with Crippen molar-refractivity contribution in [2.45, 2.75) is 35.9 Å². The zero-order valence-corrected chi connectivity index (χ0v) is 27.8. The number of amides is 1. The highest BCUT2D eigenvalue weighted by atomic mass is 35.5. The lowest BCUT2D eigenvalue weighted by molar-refractivity contribution is -0.129. The van der Waals surface area contributed by atoms with Gasteiger partial charge in [0.25, 0.3) is 5.91 Å². The normalized spacial score (nSPS) is 17.1. The number of aliphatic hydroxyl groups excluding tert-OH is 1. The van der Waals surface area contributed by atoms with Crippen LogP contribution in [0.1, 0.15) is 35.6 Å². The molecule has 1 aliphatic rings. The van der Waals surface area contributed by atoms with Gasteiger partial charge in [0.1, 0.15) is 5.75 Å². The van der Waals surface area contributed by atoms with E-state index in [1.807, 2.05) is 0 Å². The van der Waals surface area contributed by atoms with Gasteiger partial charge in [-0.05, 0) is 59.6 Å². The van der Waals surface area contributed by atoms with E-state index in [0.29, 0.717) is 45.5 Å². The average Bonchev–Trinajstić information content (AvgIpc) is 3.50. The minimum atomic E-state index is -3.87. The van der Waals surface area contributed by atoms with Gasteiger partial charge in [-0.1, -0.05) is 76.8 Å². The molecule has 4 aromatic rings. The van der Waals surface area contributed by atoms with Crippen LogP contribution in [0.15, 0.2) is 112 Å². The highest BCUT2D eigenvalue weighted by Gasteiger charge is 2.54. The Hall–Kier alpha value is -4.58. The van der Waals surface area contributed by atoms with Crippen LogP contribution in [0.3, 0.4) is 0 Å². The third-order valence-electron chi connectivity index (χ3n) is 7.69. The molecule has 1 amide bonds. The first-order chi connectivity index (χ1) is 23.2. The molecule has 1 heterocycles. The van der Waals surface area contributed by atoms with Crippen molar-refractivity contribution in [1.82, 2.24) is 5.32 Å². The Bertz CT molecular complexity index is 1950. The molecule has 0 aromatic heterocycles. The van der Waals surface area contributed by atoms with E-state index < -0.39 is 33.1 Å². The van der Waals surface area contributed by atoms with Gasteiger partial charge < -0.3 is 19.9 Å². The first-order valence-corrected chi connectivity index (χ1v) is 17.3. The molecule has 0 aliphatic carbocycles. The van der Waals surface area contributed by atoms with E-state index in [9.17, 15) is 18.7 Å². The highest BCUT2D eigenvalue weighted by Crippen LogP contribution is 2.46. The molecule has 14 heteroatoms. The number of sulfone groups is 1. The van der Waals surface area contributed by atoms with Crippen molar-refractivity contribution in [3.8, 4) is 5.75 Å². The van der Waals surface area contributed by atoms with E-state index in [1.54, 1.807) is 84.9 Å². The molecule has 0 fully saturated rings. The molecular weight excluding hydrogens is 677 g/mol. The molecule has 4 aromatic carbocycles. The van der Waals surface area contributed by atoms with Gasteiger partial charge in [-0.25, -0.2) is 13.4 Å². The monoisotopic (exact) mass is 707 g/mol. The molecule has 2 atom stereocenters. The number of nitrogens with zero attached hydrogens (tertiary/aromatic N) is 4. The number of hydrogen-bond acceptors (Lipinski definition) is 8. The Kier molecular flexibility index (Phi) is 11.3. The van der Waals surface area contributed by atoms with Crippen LogP contribution in [-0.2, 0) is 25.9 Å². The fourth-order valence-electron chi connectivity index (χ4n) is 5.22. The number of hydrogen-bond donors (Lipinski definition) is 2. The van der Waals surface area contributed by atoms with Crippen LogP contribution in [-0.4, -0.2) is 49.8 Å². The second-order valence-electron chi connectivity index (χ2n) is 10.9. The number of benzene rings is 4. The molecule has 0 saturated carbocycles. The zero-order chi connectivity index (χ0) is 34.1. The van der Waals surface area contributed by atoms with Gasteiger partial charge in [-0.2, -0.15) is 0 Å². The fourth-order valence-corrected chi connectivity index (χ4v) is 6.92. The summed E-state index contributed by atoms with van der Waals surface area (Å²) >= 11 is 12.3. The lowest BCUT2D eigenvalue weighted by Gasteiger charge is -2.31. The van der Waals surface area contributed by atoms with Gasteiger partial charge >= 0.3 is 0 Å². The van der Waals surface area contributed by atoms with Crippen LogP contribution in [0.4, 0.5) is 5.69 Å². The van der Waals surface area contributed by atoms with E-state index in [4.69, 9.17) is 42.8 Å². The van der Waals surface area contributed by atoms with E-state index in [-0.39, 0.29) is 36.1 Å². The van der Waals surface area contributed by atoms with Crippen LogP contribution >= 0.6 is 23.2 Å². The number of azide groups is 1. The van der Waals surface area contributed by atoms with E-state index in [1.165, 1.54) is 12.1 Å². The van der Waals surface area contributed by atoms with Crippen LogP contribution in [0, 0.1) is 0 Å². The minimum absolute atomic E-state index is 0.00334. The van der Waals surface area contributed by atoms with Crippen LogP contribution in [0.5, 0.6) is 5.75 Å². The first-order valence-electron chi connectivity index (χ1n) is 14.9. The van der Waals surface area contributed by atoms with Gasteiger partial charge in [0.2, 0.25) is 5.90 Å². The Morgan fingerprint density at radius 2 is 1.75 bits per heavy atom. The zero-order valence-electron chi connectivity index (χ0n) is 25.5. The third-order valence-corrected chi connectivity index (χ3v) is 10.2. The maximum absolute atomic E-state index is 14.5. The van der Waals surface area contributed by atoms with Crippen LogP contribution < -0.4 is 10.1 Å². The fraction of sp³-hybridized carbons (Fsp3) is 0.235. The number of ether oxygens (including phenoxy) is 2. The molecule has 0 spiro atoms. The van der Waals surface area contributed by atoms with E-state index in [2.05, 4.69) is 15.3 Å². The average molecular weight is 709 g/mol. The number of aliphatic imine (C=N–C) groups is 1. The first kappa shape index (κ1) is 34.7. The number of halogens is 2. The summed E-state index contributed by atoms with van der Waals surface area (Å²) in [5.41, 5.74) is 9.20. The molecule has 0 unspecified atom stereocenters. The number of rotatable bonds is 14. The van der Waals surface area contributed by atoms with Gasteiger partial charge in [0.05, 0.1) is 27.3 Å². The number of carbonyl (C=O) groups is 1. The topological polar surface area (TPSA) is 163 Å². The Morgan fingerprint density at radius 3 is 2.46 bits per heavy atom. The van der Waals surface area contributed by atoms with Gasteiger partial charge in [0.15, 0.2) is 21.5 Å². The maximum Gasteiger partial charge on any atom is 0.252 e. The van der Waals surface area contributed by atoms with E-state index >= 15 is 0 Å². The summed E-state index contributed by atoms with van der Waals surface area (Å²) < 4.78 is 39.2. The van der Waals surface area contributed by atoms with Crippen molar-refractivity contribution >= 4 is 50.5 Å². The maximum atomic E-state index is 14.5. The van der Waals surface area contributed by atoms with Crippen molar-refractivity contribution < 1.29 is 27.8 Å². The summed E-state index contributed by atoms with van der Waals surface area (Å²) in [6.07, 6.45) is -0.997. The van der Waals surface area contributed by atoms with Gasteiger partial charge in [-0.3, -0.25) is 4.79 Å². The number of nitrogens with one attached hydrogen (secondary N) is 1. The summed E-state index contributed by atoms with van der Waals surface area (Å²) in [6.45, 7) is 0.346. The second-order valence-corrected chi connectivity index (χ2v) is 13.8. The Labute approximate surface area is 287 Å². The lowest BCUT2D eigenvalue weighted by Crippen LogP contribution is -2.49. The molecule has 248 valence electrons. The van der Waals surface area contributed by atoms with Crippen molar-refractivity contribution in [3.05, 3.63) is 134 Å². The molecule has 0 bridgehead atoms. The molecule has 2 N–H and O–H groups in total. The van der Waals surface area contributed by atoms with Crippen molar-refractivity contribution in [2.75, 3.05) is 19.0 Å². The summed E-state index contributed by atoms with van der Waals surface area (Å²) in [4.78, 5) is 22.4. The second kappa shape index (κ2) is 15.5. The predicted octanol–water partition coefficient (Wildman–Crippen LogP) is 7.13. The molecule has 0 radical (unpaired) electrons. The molecule has 48 heavy (non-hydrogen) atoms. The quantitative estimate of drug-likeness (QED) is 0.0613. The largest absolute Gasteiger partial charge is 0.494 e. The summed E-state index contributed by atoms with van der Waals surface area (Å²) in [7, 11) is -3.87. The third kappa shape index (κ3) is 7.92. The standard InChI is InChI=1S/C34H31Cl2N5O6S/c35-28-16-11-23(21-29(28)36)22-38-33(43)34(17-20-48(44,45)26-7-2-1-3-8-26)31(27-9-4-5-10-30(27)40-41-37)47-32(39-34)24-12-14-25(15-13-24)46-19-6-18-42/h1-5,7-16,21,31,42H,6,17-20,22H2,(H,38,43)/t31-,34-/m1/s1. The Balaban J connectivity index is 1.59. The molecule has 1 aliphatic heterocycles. The number of aliphatic hydroxyl groups is 1. The SMILES string of the molecule is [N-]=[N+]=Nc1ccccc1[C@H]1OC(c2ccc(OCCCO)cc2)=N[C@@]1(CCS(=O)(=O)c1ccccc1)C(=O)NCc1ccc(Cl)c(Cl)c1. The molecule has 5 rings (SSSR count). The van der Waals surface area contributed by atoms with Gasteiger partial charge in [-0.15, -0.1) is 0 Å². The van der Waals surface area contributed by atoms with Crippen molar-refractivity contribution in [1.29, 1.82) is 0 Å². The Morgan fingerprint density at radius 1 is 1.02 bits per heavy atom. The van der Waals surface area contributed by atoms with E-state index in [0.717, 1.165) is 0 Å². The molecular formula is C34H31Cl2N5O6S. The summed E-state index contributed by atoms with van der Waals surface area (Å²) in [6, 6.07) is 26.3. The van der Waals surface area contributed by atoms with Crippen molar-refractivity contribution in [2.24, 2.45) is 10.1 Å². The number of carbonyl (C=O) groups excluding carboxylic acids is 1. The summed E-state index contributed by atoms with van der Waals surface area (Å²) in [5.74, 6) is -0.429. The molecule has 11 nitrogen and oxygen atoms in total. The minimum Gasteiger partial charge on any atom is -0.494 e. The van der Waals surface area contributed by atoms with Crippen LogP contribution in [0.25, 0.3) is 10.4 Å². The lowest BCUT2D eigenvalue weighted by atomic mass is 9.84. The molecule has 0 saturated heterocycles. The van der Waals surface area contributed by atoms with Crippen LogP contribution in [0.2, 0.25) is 10.0 Å². The van der Waals surface area contributed by atoms with Gasteiger partial charge in [0, 0.05) is 47.7 Å². The predicted molar refractivity (Wildman–Crippen MR) is 183 cm³/mol. The highest BCUT2D eigenvalue weighted by molar-refractivity contribution is 7.91. The summed E-state index contributed by atoms with van der Waals surface area (Å²) in [5, 5.41) is 16.4. The van der Waals surface area contributed by atoms with Crippen molar-refractivity contribution in [3.63, 3.8) is 0 Å². The smallest absolute Gasteiger partial charge is 0.252 e.